The number of carboxylic acids is 1. The highest BCUT2D eigenvalue weighted by Crippen LogP contribution is 2.55. The minimum Gasteiger partial charge on any atom is -0.481 e. The van der Waals surface area contributed by atoms with Crippen molar-refractivity contribution >= 4 is 18.0 Å². The maximum Gasteiger partial charge on any atom is 0.408 e. The summed E-state index contributed by atoms with van der Waals surface area (Å²) in [7, 11) is 1.32. The van der Waals surface area contributed by atoms with Crippen molar-refractivity contribution < 1.29 is 37.7 Å². The Morgan fingerprint density at radius 3 is 2.14 bits per heavy atom. The second kappa shape index (κ2) is 9.26. The maximum absolute atomic E-state index is 13.6. The first-order valence-electron chi connectivity index (χ1n) is 11.1. The van der Waals surface area contributed by atoms with Crippen molar-refractivity contribution in [1.29, 1.82) is 0 Å². The molecule has 8 nitrogen and oxygen atoms in total. The lowest BCUT2D eigenvalue weighted by Crippen LogP contribution is -2.60. The van der Waals surface area contributed by atoms with Crippen molar-refractivity contribution in [1.82, 2.24) is 10.6 Å². The first kappa shape index (κ1) is 24.6. The molecule has 1 saturated carbocycles. The van der Waals surface area contributed by atoms with Gasteiger partial charge in [-0.25, -0.2) is 13.6 Å². The van der Waals surface area contributed by atoms with Gasteiger partial charge in [0.25, 0.3) is 5.92 Å². The lowest BCUT2D eigenvalue weighted by atomic mass is 9.98. The van der Waals surface area contributed by atoms with Crippen LogP contribution in [0.5, 0.6) is 0 Å². The Morgan fingerprint density at radius 2 is 1.63 bits per heavy atom. The predicted octanol–water partition coefficient (Wildman–Crippen LogP) is 3.01. The van der Waals surface area contributed by atoms with Crippen molar-refractivity contribution in [2.24, 2.45) is 11.8 Å². The van der Waals surface area contributed by atoms with Crippen molar-refractivity contribution in [3.63, 3.8) is 0 Å². The van der Waals surface area contributed by atoms with E-state index in [-0.39, 0.29) is 19.1 Å². The summed E-state index contributed by atoms with van der Waals surface area (Å²) in [6, 6.07) is 15.7. The summed E-state index contributed by atoms with van der Waals surface area (Å²) in [6.45, 7) is 0.590. The zero-order valence-electron chi connectivity index (χ0n) is 19.2. The standard InChI is InChI=1S/C25H26F2N2O6/c1-24(13-34-2,22(32)28-11-19-20(21(30)31)25(19,26)27)29-23(33)35-12-18-16-9-5-3-7-14(16)15-8-4-6-10-17(15)18/h3-10,18-20H,11-13H2,1-2H3,(H,28,32)(H,29,33)(H,30,31). The van der Waals surface area contributed by atoms with Crippen molar-refractivity contribution in [3.8, 4) is 11.1 Å². The van der Waals surface area contributed by atoms with Gasteiger partial charge in [0.15, 0.2) is 0 Å². The fraction of sp³-hybridized carbons (Fsp3) is 0.400. The number of alkyl halides is 2. The Hall–Kier alpha value is -3.53. The van der Waals surface area contributed by atoms with Crippen LogP contribution < -0.4 is 10.6 Å². The lowest BCUT2D eigenvalue weighted by Gasteiger charge is -2.28. The molecule has 2 aliphatic carbocycles. The maximum atomic E-state index is 13.6. The summed E-state index contributed by atoms with van der Waals surface area (Å²) in [6.07, 6.45) is -0.873. The Bertz CT molecular complexity index is 1110. The van der Waals surface area contributed by atoms with E-state index in [1.165, 1.54) is 14.0 Å². The van der Waals surface area contributed by atoms with Crippen molar-refractivity contribution in [2.45, 2.75) is 24.3 Å². The number of amides is 2. The van der Waals surface area contributed by atoms with Gasteiger partial charge in [-0.2, -0.15) is 0 Å². The van der Waals surface area contributed by atoms with Crippen LogP contribution in [0.25, 0.3) is 11.1 Å². The molecule has 186 valence electrons. The number of aliphatic carboxylic acids is 1. The van der Waals surface area contributed by atoms with Gasteiger partial charge in [0.05, 0.1) is 12.5 Å². The summed E-state index contributed by atoms with van der Waals surface area (Å²) in [4.78, 5) is 36.3. The molecule has 2 aromatic carbocycles. The number of nitrogens with one attached hydrogen (secondary N) is 2. The third kappa shape index (κ3) is 4.58. The van der Waals surface area contributed by atoms with Crippen LogP contribution in [0.3, 0.4) is 0 Å². The molecular weight excluding hydrogens is 462 g/mol. The lowest BCUT2D eigenvalue weighted by molar-refractivity contribution is -0.141. The van der Waals surface area contributed by atoms with Gasteiger partial charge in [0.2, 0.25) is 5.91 Å². The van der Waals surface area contributed by atoms with E-state index in [4.69, 9.17) is 14.6 Å². The molecule has 3 unspecified atom stereocenters. The molecule has 0 bridgehead atoms. The summed E-state index contributed by atoms with van der Waals surface area (Å²) in [5.74, 6) is -9.33. The fourth-order valence-corrected chi connectivity index (χ4v) is 4.69. The van der Waals surface area contributed by atoms with E-state index in [0.29, 0.717) is 0 Å². The first-order valence-corrected chi connectivity index (χ1v) is 11.1. The van der Waals surface area contributed by atoms with Crippen LogP contribution in [0.4, 0.5) is 13.6 Å². The predicted molar refractivity (Wildman–Crippen MR) is 121 cm³/mol. The first-order chi connectivity index (χ1) is 16.6. The van der Waals surface area contributed by atoms with E-state index < -0.39 is 47.8 Å². The number of carbonyl (C=O) groups is 3. The topological polar surface area (TPSA) is 114 Å². The molecule has 0 spiro atoms. The van der Waals surface area contributed by atoms with Crippen molar-refractivity contribution in [3.05, 3.63) is 59.7 Å². The van der Waals surface area contributed by atoms with Gasteiger partial charge in [-0.1, -0.05) is 48.5 Å². The quantitative estimate of drug-likeness (QED) is 0.500. The number of ether oxygens (including phenoxy) is 2. The highest BCUT2D eigenvalue weighted by Gasteiger charge is 2.72. The van der Waals surface area contributed by atoms with Gasteiger partial charge in [0, 0.05) is 19.6 Å². The number of alkyl carbamates (subject to hydrolysis) is 1. The minimum absolute atomic E-state index is 0.0269. The van der Waals surface area contributed by atoms with Gasteiger partial charge in [-0.05, 0) is 29.2 Å². The molecule has 3 N–H and O–H groups in total. The Morgan fingerprint density at radius 1 is 1.06 bits per heavy atom. The number of carboxylic acid groups (broad SMARTS) is 1. The Kier molecular flexibility index (Phi) is 6.50. The molecule has 1 fully saturated rings. The van der Waals surface area contributed by atoms with Crippen LogP contribution in [0, 0.1) is 11.8 Å². The number of rotatable bonds is 9. The normalized spacial score (nSPS) is 21.3. The second-order valence-electron chi connectivity index (χ2n) is 9.02. The number of hydrogen-bond donors (Lipinski definition) is 3. The van der Waals surface area contributed by atoms with Gasteiger partial charge in [-0.3, -0.25) is 9.59 Å². The largest absolute Gasteiger partial charge is 0.481 e. The zero-order chi connectivity index (χ0) is 25.4. The van der Waals surface area contributed by atoms with Crippen LogP contribution in [0.2, 0.25) is 0 Å². The summed E-state index contributed by atoms with van der Waals surface area (Å²) in [5, 5.41) is 13.6. The van der Waals surface area contributed by atoms with E-state index in [1.54, 1.807) is 0 Å². The number of hydrogen-bond acceptors (Lipinski definition) is 5. The molecule has 0 heterocycles. The molecule has 35 heavy (non-hydrogen) atoms. The molecule has 0 aromatic heterocycles. The van der Waals surface area contributed by atoms with Gasteiger partial charge in [0.1, 0.15) is 18.1 Å². The van der Waals surface area contributed by atoms with E-state index in [9.17, 15) is 23.2 Å². The summed E-state index contributed by atoms with van der Waals surface area (Å²) >= 11 is 0. The van der Waals surface area contributed by atoms with Gasteiger partial charge < -0.3 is 25.2 Å². The third-order valence-electron chi connectivity index (χ3n) is 6.61. The molecule has 2 aromatic rings. The Balaban J connectivity index is 1.38. The van der Waals surface area contributed by atoms with Gasteiger partial charge >= 0.3 is 12.1 Å². The molecule has 0 saturated heterocycles. The Labute approximate surface area is 200 Å². The van der Waals surface area contributed by atoms with Crippen molar-refractivity contribution in [2.75, 3.05) is 26.9 Å². The number of fused-ring (bicyclic) bond motifs is 3. The van der Waals surface area contributed by atoms with Crippen LogP contribution in [-0.2, 0) is 19.1 Å². The molecule has 10 heteroatoms. The number of carbonyl (C=O) groups excluding carboxylic acids is 2. The molecule has 0 radical (unpaired) electrons. The molecular formula is C25H26F2N2O6. The second-order valence-corrected chi connectivity index (χ2v) is 9.02. The average Bonchev–Trinajstić information content (AvgIpc) is 3.23. The fourth-order valence-electron chi connectivity index (χ4n) is 4.69. The zero-order valence-corrected chi connectivity index (χ0v) is 19.2. The molecule has 2 aliphatic rings. The number of benzene rings is 2. The van der Waals surface area contributed by atoms with Crippen LogP contribution in [-0.4, -0.2) is 61.4 Å². The highest BCUT2D eigenvalue weighted by molar-refractivity contribution is 5.90. The van der Waals surface area contributed by atoms with E-state index in [1.807, 2.05) is 48.5 Å². The number of halogens is 2. The smallest absolute Gasteiger partial charge is 0.408 e. The molecule has 3 atom stereocenters. The molecule has 2 amide bonds. The SMILES string of the molecule is COCC(C)(NC(=O)OCC1c2ccccc2-c2ccccc21)C(=O)NCC1C(C(=O)O)C1(F)F. The van der Waals surface area contributed by atoms with Crippen LogP contribution in [0.15, 0.2) is 48.5 Å². The number of methoxy groups -OCH3 is 1. The molecule has 0 aliphatic heterocycles. The average molecular weight is 488 g/mol. The van der Waals surface area contributed by atoms with Crippen LogP contribution in [0.1, 0.15) is 24.0 Å². The van der Waals surface area contributed by atoms with Crippen LogP contribution >= 0.6 is 0 Å². The molecule has 4 rings (SSSR count). The van der Waals surface area contributed by atoms with E-state index in [2.05, 4.69) is 10.6 Å². The van der Waals surface area contributed by atoms with E-state index in [0.717, 1.165) is 22.3 Å². The van der Waals surface area contributed by atoms with E-state index >= 15 is 0 Å². The van der Waals surface area contributed by atoms with Gasteiger partial charge in [-0.15, -0.1) is 0 Å². The monoisotopic (exact) mass is 488 g/mol. The highest BCUT2D eigenvalue weighted by atomic mass is 19.3. The summed E-state index contributed by atoms with van der Waals surface area (Å²) < 4.78 is 37.8. The minimum atomic E-state index is -3.39. The third-order valence-corrected chi connectivity index (χ3v) is 6.61. The summed E-state index contributed by atoms with van der Waals surface area (Å²) in [5.41, 5.74) is 2.56.